The molecule has 0 bridgehead atoms. The van der Waals surface area contributed by atoms with Crippen LogP contribution in [0.5, 0.6) is 5.75 Å². The summed E-state index contributed by atoms with van der Waals surface area (Å²) in [5.41, 5.74) is 0.810. The molecule has 22 heavy (non-hydrogen) atoms. The number of carbonyl (C=O) groups excluding carboxylic acids is 1. The minimum Gasteiger partial charge on any atom is -0.494 e. The first-order valence-corrected chi connectivity index (χ1v) is 7.97. The van der Waals surface area contributed by atoms with Crippen molar-refractivity contribution in [2.75, 3.05) is 6.61 Å². The van der Waals surface area contributed by atoms with Crippen LogP contribution < -0.4 is 4.74 Å². The average molecular weight is 320 g/mol. The molecule has 1 aromatic heterocycles. The van der Waals surface area contributed by atoms with Gasteiger partial charge in [0.15, 0.2) is 0 Å². The fraction of sp³-hybridized carbons (Fsp3) is 0.400. The molecule has 0 spiro atoms. The number of cyclic esters (lactones) is 1. The third-order valence-corrected chi connectivity index (χ3v) is 4.22. The first-order chi connectivity index (χ1) is 10.7. The van der Waals surface area contributed by atoms with Gasteiger partial charge < -0.3 is 13.9 Å². The van der Waals surface area contributed by atoms with Crippen LogP contribution in [0.15, 0.2) is 33.9 Å². The second-order valence-electron chi connectivity index (χ2n) is 4.92. The van der Waals surface area contributed by atoms with Crippen LogP contribution in [0.25, 0.3) is 11.5 Å². The summed E-state index contributed by atoms with van der Waals surface area (Å²) in [7, 11) is 0. The van der Waals surface area contributed by atoms with E-state index in [9.17, 15) is 4.79 Å². The van der Waals surface area contributed by atoms with Crippen molar-refractivity contribution in [3.63, 3.8) is 0 Å². The van der Waals surface area contributed by atoms with Crippen molar-refractivity contribution in [3.8, 4) is 17.2 Å². The van der Waals surface area contributed by atoms with Gasteiger partial charge in [0.05, 0.1) is 6.61 Å². The largest absolute Gasteiger partial charge is 0.494 e. The Bertz CT molecular complexity index is 656. The predicted octanol–water partition coefficient (Wildman–Crippen LogP) is 2.93. The molecule has 0 N–H and O–H groups in total. The fourth-order valence-electron chi connectivity index (χ4n) is 2.17. The topological polar surface area (TPSA) is 74.5 Å². The maximum absolute atomic E-state index is 11.6. The number of rotatable bonds is 5. The van der Waals surface area contributed by atoms with Crippen molar-refractivity contribution in [1.82, 2.24) is 10.2 Å². The zero-order valence-corrected chi connectivity index (χ0v) is 13.1. The Morgan fingerprint density at radius 1 is 1.32 bits per heavy atom. The summed E-state index contributed by atoms with van der Waals surface area (Å²) in [4.78, 5) is 11.6. The lowest BCUT2D eigenvalue weighted by molar-refractivity contribution is -0.140. The van der Waals surface area contributed by atoms with Crippen molar-refractivity contribution in [2.24, 2.45) is 0 Å². The summed E-state index contributed by atoms with van der Waals surface area (Å²) >= 11 is 1.25. The lowest BCUT2D eigenvalue weighted by Crippen LogP contribution is -2.09. The van der Waals surface area contributed by atoms with E-state index in [0.717, 1.165) is 11.3 Å². The molecule has 1 fully saturated rings. The second kappa shape index (κ2) is 6.39. The molecular formula is C15H16N2O4S. The number of carbonyl (C=O) groups is 1. The van der Waals surface area contributed by atoms with Gasteiger partial charge in [0.1, 0.15) is 17.1 Å². The molecule has 2 aromatic rings. The van der Waals surface area contributed by atoms with Gasteiger partial charge in [-0.1, -0.05) is 0 Å². The van der Waals surface area contributed by atoms with E-state index < -0.39 is 0 Å². The number of aromatic nitrogens is 2. The van der Waals surface area contributed by atoms with Crippen molar-refractivity contribution >= 4 is 17.7 Å². The Labute approximate surface area is 132 Å². The van der Waals surface area contributed by atoms with Crippen LogP contribution in [0.1, 0.15) is 20.3 Å². The van der Waals surface area contributed by atoms with Crippen molar-refractivity contribution in [2.45, 2.75) is 36.8 Å². The smallest absolute Gasteiger partial charge is 0.320 e. The van der Waals surface area contributed by atoms with Gasteiger partial charge in [0, 0.05) is 12.0 Å². The van der Waals surface area contributed by atoms with Gasteiger partial charge in [-0.3, -0.25) is 4.79 Å². The molecule has 0 unspecified atom stereocenters. The normalized spacial score (nSPS) is 20.9. The van der Waals surface area contributed by atoms with Gasteiger partial charge in [0.2, 0.25) is 5.89 Å². The molecule has 6 nitrogen and oxygen atoms in total. The highest BCUT2D eigenvalue weighted by molar-refractivity contribution is 8.00. The van der Waals surface area contributed by atoms with Crippen molar-refractivity contribution < 1.29 is 18.7 Å². The zero-order chi connectivity index (χ0) is 15.5. The Balaban J connectivity index is 1.69. The van der Waals surface area contributed by atoms with E-state index in [-0.39, 0.29) is 17.3 Å². The monoisotopic (exact) mass is 320 g/mol. The summed E-state index contributed by atoms with van der Waals surface area (Å²) < 4.78 is 16.1. The Morgan fingerprint density at radius 2 is 2.09 bits per heavy atom. The van der Waals surface area contributed by atoms with Gasteiger partial charge in [0.25, 0.3) is 5.22 Å². The second-order valence-corrected chi connectivity index (χ2v) is 6.07. The highest BCUT2D eigenvalue weighted by Crippen LogP contribution is 2.32. The van der Waals surface area contributed by atoms with Crippen LogP contribution in [-0.4, -0.2) is 34.1 Å². The number of esters is 1. The van der Waals surface area contributed by atoms with Crippen LogP contribution in [0.3, 0.4) is 0 Å². The Hall–Kier alpha value is -2.02. The van der Waals surface area contributed by atoms with Crippen LogP contribution in [0, 0.1) is 0 Å². The zero-order valence-electron chi connectivity index (χ0n) is 12.3. The number of nitrogens with zero attached hydrogens (tertiary/aromatic N) is 2. The summed E-state index contributed by atoms with van der Waals surface area (Å²) in [6, 6.07) is 7.43. The molecule has 2 atom stereocenters. The molecular weight excluding hydrogens is 304 g/mol. The summed E-state index contributed by atoms with van der Waals surface area (Å²) in [5, 5.41) is 8.10. The highest BCUT2D eigenvalue weighted by Gasteiger charge is 2.34. The minimum absolute atomic E-state index is 0.0569. The molecule has 3 rings (SSSR count). The molecule has 0 aliphatic carbocycles. The van der Waals surface area contributed by atoms with Crippen LogP contribution in [0.2, 0.25) is 0 Å². The maximum atomic E-state index is 11.6. The maximum Gasteiger partial charge on any atom is 0.320 e. The summed E-state index contributed by atoms with van der Waals surface area (Å²) in [6.07, 6.45) is 0.600. The standard InChI is InChI=1S/C15H16N2O4S/c1-3-19-11-6-4-10(5-7-11)13-16-17-15(21-13)22-12-8-9(2)20-14(12)18/h4-7,9,12H,3,8H2,1-2H3/t9-,12-/m0/s1. The van der Waals surface area contributed by atoms with Gasteiger partial charge in [-0.2, -0.15) is 0 Å². The van der Waals surface area contributed by atoms with Gasteiger partial charge >= 0.3 is 5.97 Å². The highest BCUT2D eigenvalue weighted by atomic mass is 32.2. The van der Waals surface area contributed by atoms with E-state index in [2.05, 4.69) is 10.2 Å². The first kappa shape index (κ1) is 14.9. The molecule has 2 heterocycles. The lowest BCUT2D eigenvalue weighted by atomic mass is 10.2. The van der Waals surface area contributed by atoms with Crippen molar-refractivity contribution in [1.29, 1.82) is 0 Å². The third-order valence-electron chi connectivity index (χ3n) is 3.19. The fourth-order valence-corrected chi connectivity index (χ4v) is 3.15. The molecule has 7 heteroatoms. The molecule has 0 radical (unpaired) electrons. The van der Waals surface area contributed by atoms with E-state index in [1.807, 2.05) is 38.1 Å². The SMILES string of the molecule is CCOc1ccc(-c2nnc(S[C@H]3C[C@H](C)OC3=O)o2)cc1. The number of ether oxygens (including phenoxy) is 2. The Morgan fingerprint density at radius 3 is 2.73 bits per heavy atom. The van der Waals surface area contributed by atoms with Crippen LogP contribution in [-0.2, 0) is 9.53 Å². The molecule has 1 aliphatic rings. The minimum atomic E-state index is -0.274. The molecule has 1 aliphatic heterocycles. The number of hydrogen-bond donors (Lipinski definition) is 0. The number of benzene rings is 1. The Kier molecular flexibility index (Phi) is 4.33. The van der Waals surface area contributed by atoms with Gasteiger partial charge in [-0.05, 0) is 49.9 Å². The van der Waals surface area contributed by atoms with E-state index >= 15 is 0 Å². The van der Waals surface area contributed by atoms with Crippen LogP contribution in [0.4, 0.5) is 0 Å². The van der Waals surface area contributed by atoms with Crippen LogP contribution >= 0.6 is 11.8 Å². The summed E-state index contributed by atoms with van der Waals surface area (Å²) in [5.74, 6) is 0.992. The number of thioether (sulfide) groups is 1. The van der Waals surface area contributed by atoms with Gasteiger partial charge in [-0.25, -0.2) is 0 Å². The van der Waals surface area contributed by atoms with E-state index in [1.165, 1.54) is 11.8 Å². The molecule has 1 saturated heterocycles. The predicted molar refractivity (Wildman–Crippen MR) is 80.7 cm³/mol. The van der Waals surface area contributed by atoms with Gasteiger partial charge in [-0.15, -0.1) is 10.2 Å². The summed E-state index contributed by atoms with van der Waals surface area (Å²) in [6.45, 7) is 4.43. The van der Waals surface area contributed by atoms with E-state index in [0.29, 0.717) is 24.1 Å². The first-order valence-electron chi connectivity index (χ1n) is 7.09. The molecule has 0 amide bonds. The molecule has 1 aromatic carbocycles. The van der Waals surface area contributed by atoms with Crippen molar-refractivity contribution in [3.05, 3.63) is 24.3 Å². The number of hydrogen-bond acceptors (Lipinski definition) is 7. The molecule has 0 saturated carbocycles. The quantitative estimate of drug-likeness (QED) is 0.784. The average Bonchev–Trinajstić information content (AvgIpc) is 3.08. The molecule has 116 valence electrons. The lowest BCUT2D eigenvalue weighted by Gasteiger charge is -2.02. The van der Waals surface area contributed by atoms with E-state index in [1.54, 1.807) is 0 Å². The van der Waals surface area contributed by atoms with E-state index in [4.69, 9.17) is 13.9 Å². The third kappa shape index (κ3) is 3.24.